The molecular weight excluding hydrogens is 311 g/mol. The van der Waals surface area contributed by atoms with E-state index in [-0.39, 0.29) is 11.2 Å². The van der Waals surface area contributed by atoms with Crippen LogP contribution in [0.25, 0.3) is 5.65 Å². The minimum Gasteiger partial charge on any atom is -0.354 e. The Hall–Kier alpha value is -2.32. The third-order valence-corrected chi connectivity index (χ3v) is 3.90. The van der Waals surface area contributed by atoms with Crippen molar-refractivity contribution in [3.8, 4) is 0 Å². The second-order valence-corrected chi connectivity index (χ2v) is 5.59. The molecule has 1 atom stereocenters. The largest absolute Gasteiger partial charge is 0.405 e. The van der Waals surface area contributed by atoms with Gasteiger partial charge in [0, 0.05) is 18.8 Å². The lowest BCUT2D eigenvalue weighted by Crippen LogP contribution is -2.33. The van der Waals surface area contributed by atoms with E-state index in [2.05, 4.69) is 21.9 Å². The molecule has 9 heteroatoms. The summed E-state index contributed by atoms with van der Waals surface area (Å²) in [5.41, 5.74) is 0.282. The average Bonchev–Trinajstić information content (AvgIpc) is 3.09. The second-order valence-electron chi connectivity index (χ2n) is 5.59. The second kappa shape index (κ2) is 5.71. The number of amides is 1. The summed E-state index contributed by atoms with van der Waals surface area (Å²) in [4.78, 5) is 18.5. The summed E-state index contributed by atoms with van der Waals surface area (Å²) >= 11 is 0. The fraction of sp³-hybridized carbons (Fsp3) is 0.500. The number of aromatic nitrogens is 3. The number of hydrogen-bond acceptors (Lipinski definition) is 4. The molecule has 1 saturated heterocycles. The van der Waals surface area contributed by atoms with Crippen molar-refractivity contribution in [2.24, 2.45) is 0 Å². The number of anilines is 1. The molecule has 1 aliphatic heterocycles. The summed E-state index contributed by atoms with van der Waals surface area (Å²) in [6.45, 7) is 1.58. The highest BCUT2D eigenvalue weighted by Gasteiger charge is 2.29. The van der Waals surface area contributed by atoms with Gasteiger partial charge in [0.2, 0.25) is 0 Å². The van der Waals surface area contributed by atoms with Crippen LogP contribution in [0.2, 0.25) is 0 Å². The summed E-state index contributed by atoms with van der Waals surface area (Å²) in [5, 5.41) is 5.81. The Morgan fingerprint density at radius 1 is 1.48 bits per heavy atom. The van der Waals surface area contributed by atoms with Gasteiger partial charge in [-0.25, -0.2) is 9.50 Å². The standard InChI is InChI=1S/C14H16F3N5O/c1-9-3-2-5-21(9)11-4-6-22-12(20-11)10(7-19-22)13(23)18-8-14(15,16)17/h4,6-7,9H,2-3,5,8H2,1H3,(H,18,23)/t9-/m0/s1. The predicted molar refractivity (Wildman–Crippen MR) is 77.4 cm³/mol. The third kappa shape index (κ3) is 3.22. The van der Waals surface area contributed by atoms with Crippen LogP contribution in [-0.2, 0) is 0 Å². The number of alkyl halides is 3. The van der Waals surface area contributed by atoms with Crippen molar-refractivity contribution in [2.75, 3.05) is 18.0 Å². The predicted octanol–water partition coefficient (Wildman–Crippen LogP) is 2.01. The summed E-state index contributed by atoms with van der Waals surface area (Å²) in [6, 6.07) is 2.13. The van der Waals surface area contributed by atoms with Crippen molar-refractivity contribution in [3.63, 3.8) is 0 Å². The van der Waals surface area contributed by atoms with Crippen LogP contribution in [0.1, 0.15) is 30.1 Å². The minimum absolute atomic E-state index is 0.0305. The van der Waals surface area contributed by atoms with Crippen molar-refractivity contribution < 1.29 is 18.0 Å². The lowest BCUT2D eigenvalue weighted by atomic mass is 10.2. The molecule has 23 heavy (non-hydrogen) atoms. The van der Waals surface area contributed by atoms with E-state index in [1.54, 1.807) is 12.3 Å². The van der Waals surface area contributed by atoms with Crippen molar-refractivity contribution >= 4 is 17.4 Å². The Labute approximate surface area is 130 Å². The molecule has 0 saturated carbocycles. The maximum Gasteiger partial charge on any atom is 0.405 e. The van der Waals surface area contributed by atoms with Gasteiger partial charge in [0.1, 0.15) is 17.9 Å². The van der Waals surface area contributed by atoms with Crippen molar-refractivity contribution in [1.82, 2.24) is 19.9 Å². The van der Waals surface area contributed by atoms with E-state index in [1.165, 1.54) is 10.7 Å². The molecule has 3 rings (SSSR count). The molecule has 3 heterocycles. The highest BCUT2D eigenvalue weighted by Crippen LogP contribution is 2.24. The van der Waals surface area contributed by atoms with Gasteiger partial charge in [-0.05, 0) is 25.8 Å². The van der Waals surface area contributed by atoms with E-state index in [0.717, 1.165) is 19.4 Å². The zero-order valence-electron chi connectivity index (χ0n) is 12.5. The van der Waals surface area contributed by atoms with Crippen LogP contribution in [0.3, 0.4) is 0 Å². The lowest BCUT2D eigenvalue weighted by Gasteiger charge is -2.22. The van der Waals surface area contributed by atoms with E-state index in [9.17, 15) is 18.0 Å². The number of nitrogens with zero attached hydrogens (tertiary/aromatic N) is 4. The topological polar surface area (TPSA) is 62.5 Å². The highest BCUT2D eigenvalue weighted by atomic mass is 19.4. The zero-order chi connectivity index (χ0) is 16.6. The van der Waals surface area contributed by atoms with Crippen LogP contribution in [0, 0.1) is 0 Å². The quantitative estimate of drug-likeness (QED) is 0.937. The number of rotatable bonds is 3. The monoisotopic (exact) mass is 327 g/mol. The van der Waals surface area contributed by atoms with Gasteiger partial charge in [0.25, 0.3) is 5.91 Å². The van der Waals surface area contributed by atoms with E-state index < -0.39 is 18.6 Å². The molecule has 1 aliphatic rings. The van der Waals surface area contributed by atoms with E-state index in [1.807, 2.05) is 5.32 Å². The Morgan fingerprint density at radius 3 is 2.91 bits per heavy atom. The van der Waals surface area contributed by atoms with Gasteiger partial charge in [-0.1, -0.05) is 0 Å². The first-order valence-electron chi connectivity index (χ1n) is 7.31. The fourth-order valence-electron chi connectivity index (χ4n) is 2.73. The summed E-state index contributed by atoms with van der Waals surface area (Å²) in [7, 11) is 0. The maximum absolute atomic E-state index is 12.2. The van der Waals surface area contributed by atoms with Gasteiger partial charge in [-0.2, -0.15) is 18.3 Å². The molecule has 2 aromatic rings. The number of nitrogens with one attached hydrogen (secondary N) is 1. The van der Waals surface area contributed by atoms with Crippen LogP contribution >= 0.6 is 0 Å². The molecular formula is C14H16F3N5O. The molecule has 0 radical (unpaired) electrons. The number of fused-ring (bicyclic) bond motifs is 1. The molecule has 0 bridgehead atoms. The summed E-state index contributed by atoms with van der Waals surface area (Å²) < 4.78 is 38.1. The van der Waals surface area contributed by atoms with Crippen LogP contribution in [-0.4, -0.2) is 45.8 Å². The maximum atomic E-state index is 12.2. The molecule has 0 unspecified atom stereocenters. The first-order chi connectivity index (χ1) is 10.8. The first-order valence-corrected chi connectivity index (χ1v) is 7.31. The van der Waals surface area contributed by atoms with Gasteiger partial charge in [-0.3, -0.25) is 4.79 Å². The SMILES string of the molecule is C[C@H]1CCCN1c1ccn2ncc(C(=O)NCC(F)(F)F)c2n1. The Morgan fingerprint density at radius 2 is 2.26 bits per heavy atom. The van der Waals surface area contributed by atoms with Crippen molar-refractivity contribution in [1.29, 1.82) is 0 Å². The van der Waals surface area contributed by atoms with Crippen LogP contribution in [0.5, 0.6) is 0 Å². The molecule has 2 aromatic heterocycles. The lowest BCUT2D eigenvalue weighted by molar-refractivity contribution is -0.123. The first kappa shape index (κ1) is 15.6. The third-order valence-electron chi connectivity index (χ3n) is 3.90. The highest BCUT2D eigenvalue weighted by molar-refractivity contribution is 5.99. The van der Waals surface area contributed by atoms with Gasteiger partial charge in [0.05, 0.1) is 6.20 Å². The van der Waals surface area contributed by atoms with Gasteiger partial charge >= 0.3 is 6.18 Å². The van der Waals surface area contributed by atoms with Gasteiger partial charge in [-0.15, -0.1) is 0 Å². The molecule has 124 valence electrons. The van der Waals surface area contributed by atoms with Crippen LogP contribution in [0.4, 0.5) is 19.0 Å². The Bertz CT molecular complexity index is 727. The van der Waals surface area contributed by atoms with E-state index in [4.69, 9.17) is 0 Å². The van der Waals surface area contributed by atoms with Crippen LogP contribution < -0.4 is 10.2 Å². The normalized spacial score (nSPS) is 18.6. The van der Waals surface area contributed by atoms with E-state index >= 15 is 0 Å². The molecule has 0 spiro atoms. The molecule has 0 aliphatic carbocycles. The average molecular weight is 327 g/mol. The smallest absolute Gasteiger partial charge is 0.354 e. The van der Waals surface area contributed by atoms with Gasteiger partial charge < -0.3 is 10.2 Å². The molecule has 6 nitrogen and oxygen atoms in total. The van der Waals surface area contributed by atoms with Crippen LogP contribution in [0.15, 0.2) is 18.5 Å². The van der Waals surface area contributed by atoms with E-state index in [0.29, 0.717) is 11.9 Å². The molecule has 1 amide bonds. The molecule has 0 aromatic carbocycles. The molecule has 1 N–H and O–H groups in total. The summed E-state index contributed by atoms with van der Waals surface area (Å²) in [5.74, 6) is -0.135. The number of carbonyl (C=O) groups is 1. The Balaban J connectivity index is 1.88. The van der Waals surface area contributed by atoms with Crippen molar-refractivity contribution in [3.05, 3.63) is 24.0 Å². The zero-order valence-corrected chi connectivity index (χ0v) is 12.5. The number of hydrogen-bond donors (Lipinski definition) is 1. The Kier molecular flexibility index (Phi) is 3.87. The minimum atomic E-state index is -4.46. The van der Waals surface area contributed by atoms with Gasteiger partial charge in [0.15, 0.2) is 5.65 Å². The number of carbonyl (C=O) groups excluding carboxylic acids is 1. The summed E-state index contributed by atoms with van der Waals surface area (Å²) in [6.07, 6.45) is 0.550. The van der Waals surface area contributed by atoms with Crippen molar-refractivity contribution in [2.45, 2.75) is 32.0 Å². The fourth-order valence-corrected chi connectivity index (χ4v) is 2.73. The molecule has 1 fully saturated rings. The number of halogens is 3.